The zero-order chi connectivity index (χ0) is 19.4. The molecule has 1 atom stereocenters. The van der Waals surface area contributed by atoms with E-state index in [1.54, 1.807) is 24.3 Å². The molecule has 2 nitrogen and oxygen atoms in total. The second-order valence-corrected chi connectivity index (χ2v) is 7.99. The van der Waals surface area contributed by atoms with Gasteiger partial charge in [0.05, 0.1) is 6.10 Å². The van der Waals surface area contributed by atoms with Gasteiger partial charge in [0.25, 0.3) is 0 Å². The summed E-state index contributed by atoms with van der Waals surface area (Å²) in [5.41, 5.74) is 3.14. The Bertz CT molecular complexity index is 778. The molecule has 0 spiro atoms. The van der Waals surface area contributed by atoms with Gasteiger partial charge in [-0.05, 0) is 66.1 Å². The number of halogens is 1. The van der Waals surface area contributed by atoms with E-state index >= 15 is 0 Å². The predicted molar refractivity (Wildman–Crippen MR) is 105 cm³/mol. The van der Waals surface area contributed by atoms with Gasteiger partial charge in [0.1, 0.15) is 5.82 Å². The number of carbonyl (C=O) groups is 1. The third-order valence-corrected chi connectivity index (χ3v) is 4.39. The third-order valence-electron chi connectivity index (χ3n) is 4.39. The summed E-state index contributed by atoms with van der Waals surface area (Å²) in [6.45, 7) is 9.91. The van der Waals surface area contributed by atoms with E-state index < -0.39 is 6.10 Å². The lowest BCUT2D eigenvalue weighted by Crippen LogP contribution is -2.08. The predicted octanol–water partition coefficient (Wildman–Crippen LogP) is 6.11. The standard InChI is InChI=1S/C23H29FO2/c1-14(2)8-22(25)18-11-17(20-7-6-16(5)10-21(20)24)12-19(13-18)23(26)9-15(3)4/h6-7,10-15,22,25H,8-9H2,1-5H3. The van der Waals surface area contributed by atoms with Crippen LogP contribution in [0.25, 0.3) is 11.1 Å². The molecule has 26 heavy (non-hydrogen) atoms. The van der Waals surface area contributed by atoms with Crippen LogP contribution < -0.4 is 0 Å². The van der Waals surface area contributed by atoms with Crippen LogP contribution in [0, 0.1) is 24.6 Å². The van der Waals surface area contributed by atoms with Gasteiger partial charge in [-0.15, -0.1) is 0 Å². The van der Waals surface area contributed by atoms with Gasteiger partial charge in [-0.2, -0.15) is 0 Å². The first-order valence-corrected chi connectivity index (χ1v) is 9.30. The maximum absolute atomic E-state index is 14.5. The normalized spacial score (nSPS) is 12.7. The SMILES string of the molecule is Cc1ccc(-c2cc(C(=O)CC(C)C)cc(C(O)CC(C)C)c2)c(F)c1. The van der Waals surface area contributed by atoms with Crippen molar-refractivity contribution >= 4 is 5.78 Å². The van der Waals surface area contributed by atoms with Gasteiger partial charge in [-0.3, -0.25) is 4.79 Å². The molecule has 0 heterocycles. The highest BCUT2D eigenvalue weighted by atomic mass is 19.1. The summed E-state index contributed by atoms with van der Waals surface area (Å²) in [6, 6.07) is 10.4. The fourth-order valence-electron chi connectivity index (χ4n) is 3.09. The molecule has 1 N–H and O–H groups in total. The lowest BCUT2D eigenvalue weighted by atomic mass is 9.91. The van der Waals surface area contributed by atoms with Crippen molar-refractivity contribution in [3.05, 3.63) is 58.9 Å². The Labute approximate surface area is 156 Å². The Morgan fingerprint density at radius 2 is 1.73 bits per heavy atom. The zero-order valence-corrected chi connectivity index (χ0v) is 16.3. The van der Waals surface area contributed by atoms with Crippen LogP contribution in [-0.4, -0.2) is 10.9 Å². The first-order chi connectivity index (χ1) is 12.2. The van der Waals surface area contributed by atoms with Gasteiger partial charge in [0, 0.05) is 17.5 Å². The Hall–Kier alpha value is -2.00. The van der Waals surface area contributed by atoms with Gasteiger partial charge >= 0.3 is 0 Å². The highest BCUT2D eigenvalue weighted by Gasteiger charge is 2.17. The molecule has 3 heteroatoms. The molecule has 0 aliphatic carbocycles. The maximum atomic E-state index is 14.5. The Morgan fingerprint density at radius 1 is 1.04 bits per heavy atom. The number of ketones is 1. The Balaban J connectivity index is 2.54. The molecule has 2 aromatic rings. The monoisotopic (exact) mass is 356 g/mol. The number of aliphatic hydroxyl groups is 1. The topological polar surface area (TPSA) is 37.3 Å². The highest BCUT2D eigenvalue weighted by Crippen LogP contribution is 2.31. The summed E-state index contributed by atoms with van der Waals surface area (Å²) >= 11 is 0. The number of aliphatic hydroxyl groups excluding tert-OH is 1. The lowest BCUT2D eigenvalue weighted by Gasteiger charge is -2.17. The molecule has 2 rings (SSSR count). The second-order valence-electron chi connectivity index (χ2n) is 7.99. The van der Waals surface area contributed by atoms with E-state index in [-0.39, 0.29) is 17.5 Å². The number of rotatable bonds is 7. The van der Waals surface area contributed by atoms with Gasteiger partial charge in [0.2, 0.25) is 0 Å². The molecule has 0 aliphatic rings. The molecule has 140 valence electrons. The first-order valence-electron chi connectivity index (χ1n) is 9.30. The van der Waals surface area contributed by atoms with Crippen LogP contribution in [-0.2, 0) is 0 Å². The summed E-state index contributed by atoms with van der Waals surface area (Å²) in [7, 11) is 0. The van der Waals surface area contributed by atoms with E-state index in [2.05, 4.69) is 0 Å². The molecule has 0 amide bonds. The molecular formula is C23H29FO2. The van der Waals surface area contributed by atoms with Crippen molar-refractivity contribution in [1.29, 1.82) is 0 Å². The van der Waals surface area contributed by atoms with E-state index in [1.165, 1.54) is 6.07 Å². The van der Waals surface area contributed by atoms with Crippen molar-refractivity contribution in [2.45, 2.75) is 53.6 Å². The van der Waals surface area contributed by atoms with E-state index in [0.29, 0.717) is 41.0 Å². The molecule has 2 aromatic carbocycles. The highest BCUT2D eigenvalue weighted by molar-refractivity contribution is 5.97. The van der Waals surface area contributed by atoms with Crippen molar-refractivity contribution in [2.24, 2.45) is 11.8 Å². The van der Waals surface area contributed by atoms with Crippen LogP contribution in [0.15, 0.2) is 36.4 Å². The molecule has 0 aromatic heterocycles. The lowest BCUT2D eigenvalue weighted by molar-refractivity contribution is 0.0967. The molecule has 0 aliphatic heterocycles. The number of carbonyl (C=O) groups excluding carboxylic acids is 1. The largest absolute Gasteiger partial charge is 0.388 e. The molecular weight excluding hydrogens is 327 g/mol. The number of hydrogen-bond donors (Lipinski definition) is 1. The van der Waals surface area contributed by atoms with Crippen LogP contribution in [0.5, 0.6) is 0 Å². The van der Waals surface area contributed by atoms with Crippen LogP contribution >= 0.6 is 0 Å². The Morgan fingerprint density at radius 3 is 2.31 bits per heavy atom. The van der Waals surface area contributed by atoms with Crippen molar-refractivity contribution < 1.29 is 14.3 Å². The summed E-state index contributed by atoms with van der Waals surface area (Å²) in [5, 5.41) is 10.6. The van der Waals surface area contributed by atoms with Crippen molar-refractivity contribution in [3.8, 4) is 11.1 Å². The summed E-state index contributed by atoms with van der Waals surface area (Å²) in [4.78, 5) is 12.6. The molecule has 0 saturated heterocycles. The van der Waals surface area contributed by atoms with Gasteiger partial charge in [-0.1, -0.05) is 39.8 Å². The van der Waals surface area contributed by atoms with Crippen LogP contribution in [0.4, 0.5) is 4.39 Å². The minimum atomic E-state index is -0.672. The van der Waals surface area contributed by atoms with Crippen molar-refractivity contribution in [1.82, 2.24) is 0 Å². The molecule has 1 unspecified atom stereocenters. The molecule has 0 radical (unpaired) electrons. The fraction of sp³-hybridized carbons (Fsp3) is 0.435. The summed E-state index contributed by atoms with van der Waals surface area (Å²) in [5.74, 6) is 0.265. The van der Waals surface area contributed by atoms with E-state index in [9.17, 15) is 14.3 Å². The van der Waals surface area contributed by atoms with E-state index in [1.807, 2.05) is 40.7 Å². The average molecular weight is 356 g/mol. The van der Waals surface area contributed by atoms with Crippen LogP contribution in [0.2, 0.25) is 0 Å². The Kier molecular flexibility index (Phi) is 6.71. The quantitative estimate of drug-likeness (QED) is 0.608. The van der Waals surface area contributed by atoms with Crippen LogP contribution in [0.3, 0.4) is 0 Å². The fourth-order valence-corrected chi connectivity index (χ4v) is 3.09. The molecule has 0 bridgehead atoms. The smallest absolute Gasteiger partial charge is 0.163 e. The minimum Gasteiger partial charge on any atom is -0.388 e. The van der Waals surface area contributed by atoms with E-state index in [0.717, 1.165) is 5.56 Å². The summed E-state index contributed by atoms with van der Waals surface area (Å²) in [6.07, 6.45) is 0.353. The minimum absolute atomic E-state index is 0.0207. The first kappa shape index (κ1) is 20.3. The molecule has 0 saturated carbocycles. The second kappa shape index (κ2) is 8.59. The van der Waals surface area contributed by atoms with Crippen molar-refractivity contribution in [3.63, 3.8) is 0 Å². The molecule has 0 fully saturated rings. The summed E-state index contributed by atoms with van der Waals surface area (Å²) < 4.78 is 14.5. The van der Waals surface area contributed by atoms with Crippen LogP contribution in [0.1, 0.15) is 68.1 Å². The van der Waals surface area contributed by atoms with Gasteiger partial charge in [-0.25, -0.2) is 4.39 Å². The van der Waals surface area contributed by atoms with Crippen molar-refractivity contribution in [2.75, 3.05) is 0 Å². The van der Waals surface area contributed by atoms with Gasteiger partial charge < -0.3 is 5.11 Å². The zero-order valence-electron chi connectivity index (χ0n) is 16.3. The number of Topliss-reactive ketones (excluding diaryl/α,β-unsaturated/α-hetero) is 1. The maximum Gasteiger partial charge on any atom is 0.163 e. The average Bonchev–Trinajstić information content (AvgIpc) is 2.53. The third kappa shape index (κ3) is 5.25. The van der Waals surface area contributed by atoms with Gasteiger partial charge in [0.15, 0.2) is 5.78 Å². The van der Waals surface area contributed by atoms with E-state index in [4.69, 9.17) is 0 Å². The number of aryl methyl sites for hydroxylation is 1. The number of benzene rings is 2. The number of hydrogen-bond acceptors (Lipinski definition) is 2.